The number of aliphatic hydroxyl groups is 2. The van der Waals surface area contributed by atoms with Crippen LogP contribution in [0.3, 0.4) is 0 Å². The highest BCUT2D eigenvalue weighted by Gasteiger charge is 2.26. The number of aliphatic hydroxyl groups excluding tert-OH is 2. The van der Waals surface area contributed by atoms with E-state index in [1.807, 2.05) is 0 Å². The standard InChI is InChI=1S/C12H15N2O6P/c1-7-11(12(16)10(15)6-20-21(17,18)19)14-9-5-3-2-4-8(9)13-7/h2-5,10,12,15-16H,6H2,1H3,(H2,17,18,19). The summed E-state index contributed by atoms with van der Waals surface area (Å²) in [4.78, 5) is 25.6. The van der Waals surface area contributed by atoms with Gasteiger partial charge in [-0.2, -0.15) is 0 Å². The van der Waals surface area contributed by atoms with Crippen molar-refractivity contribution in [1.29, 1.82) is 0 Å². The molecule has 1 heterocycles. The summed E-state index contributed by atoms with van der Waals surface area (Å²) in [6, 6.07) is 7.03. The number of rotatable bonds is 5. The van der Waals surface area contributed by atoms with Crippen LogP contribution in [0, 0.1) is 6.92 Å². The molecule has 21 heavy (non-hydrogen) atoms. The van der Waals surface area contributed by atoms with Crippen LogP contribution < -0.4 is 0 Å². The molecular weight excluding hydrogens is 299 g/mol. The summed E-state index contributed by atoms with van der Waals surface area (Å²) in [6.45, 7) is 0.897. The fourth-order valence-electron chi connectivity index (χ4n) is 1.83. The minimum atomic E-state index is -4.71. The molecule has 0 aliphatic heterocycles. The minimum Gasteiger partial charge on any atom is -0.388 e. The largest absolute Gasteiger partial charge is 0.469 e. The number of phosphoric ester groups is 1. The zero-order valence-electron chi connectivity index (χ0n) is 11.1. The van der Waals surface area contributed by atoms with Crippen LogP contribution in [0.15, 0.2) is 24.3 Å². The number of phosphoric acid groups is 1. The Labute approximate surface area is 120 Å². The van der Waals surface area contributed by atoms with Crippen molar-refractivity contribution < 1.29 is 29.1 Å². The first-order chi connectivity index (χ1) is 9.78. The van der Waals surface area contributed by atoms with Crippen LogP contribution in [0.25, 0.3) is 11.0 Å². The number of para-hydroxylation sites is 2. The molecule has 0 aliphatic carbocycles. The molecule has 0 spiro atoms. The average molecular weight is 314 g/mol. The van der Waals surface area contributed by atoms with Crippen molar-refractivity contribution in [3.63, 3.8) is 0 Å². The average Bonchev–Trinajstić information content (AvgIpc) is 2.42. The molecule has 2 aromatic rings. The lowest BCUT2D eigenvalue weighted by Crippen LogP contribution is -2.25. The zero-order chi connectivity index (χ0) is 15.6. The van der Waals surface area contributed by atoms with E-state index in [0.717, 1.165) is 0 Å². The van der Waals surface area contributed by atoms with Crippen molar-refractivity contribution >= 4 is 18.9 Å². The van der Waals surface area contributed by atoms with Gasteiger partial charge in [-0.25, -0.2) is 14.5 Å². The molecule has 0 saturated heterocycles. The van der Waals surface area contributed by atoms with Crippen molar-refractivity contribution in [2.24, 2.45) is 0 Å². The fourth-order valence-corrected chi connectivity index (χ4v) is 2.18. The Balaban J connectivity index is 2.24. The van der Waals surface area contributed by atoms with Crippen LogP contribution in [0.4, 0.5) is 0 Å². The van der Waals surface area contributed by atoms with Crippen molar-refractivity contribution in [2.45, 2.75) is 19.1 Å². The molecule has 0 radical (unpaired) electrons. The highest BCUT2D eigenvalue weighted by Crippen LogP contribution is 2.36. The molecular formula is C12H15N2O6P. The molecule has 1 aromatic carbocycles. The predicted octanol–water partition coefficient (Wildman–Crippen LogP) is 0.442. The topological polar surface area (TPSA) is 133 Å². The molecule has 114 valence electrons. The van der Waals surface area contributed by atoms with Gasteiger partial charge in [-0.05, 0) is 19.1 Å². The van der Waals surface area contributed by atoms with E-state index in [-0.39, 0.29) is 5.69 Å². The molecule has 8 nitrogen and oxygen atoms in total. The molecule has 9 heteroatoms. The van der Waals surface area contributed by atoms with Crippen LogP contribution in [-0.2, 0) is 9.09 Å². The number of fused-ring (bicyclic) bond motifs is 1. The molecule has 0 amide bonds. The van der Waals surface area contributed by atoms with Gasteiger partial charge in [0.05, 0.1) is 29.0 Å². The Bertz CT molecular complexity index is 689. The summed E-state index contributed by atoms with van der Waals surface area (Å²) in [6.07, 6.45) is -3.00. The highest BCUT2D eigenvalue weighted by molar-refractivity contribution is 7.46. The predicted molar refractivity (Wildman–Crippen MR) is 73.2 cm³/mol. The Morgan fingerprint density at radius 3 is 2.33 bits per heavy atom. The second-order valence-electron chi connectivity index (χ2n) is 4.48. The lowest BCUT2D eigenvalue weighted by Gasteiger charge is -2.19. The van der Waals surface area contributed by atoms with Crippen LogP contribution in [-0.4, -0.2) is 42.7 Å². The molecule has 0 fully saturated rings. The molecule has 0 aliphatic rings. The highest BCUT2D eigenvalue weighted by atomic mass is 31.2. The Morgan fingerprint density at radius 1 is 1.19 bits per heavy atom. The summed E-state index contributed by atoms with van der Waals surface area (Å²) < 4.78 is 14.8. The van der Waals surface area contributed by atoms with E-state index in [1.165, 1.54) is 0 Å². The van der Waals surface area contributed by atoms with E-state index >= 15 is 0 Å². The smallest absolute Gasteiger partial charge is 0.388 e. The minimum absolute atomic E-state index is 0.135. The third-order valence-corrected chi connectivity index (χ3v) is 3.32. The summed E-state index contributed by atoms with van der Waals surface area (Å²) in [5, 5.41) is 19.8. The van der Waals surface area contributed by atoms with Gasteiger partial charge in [-0.15, -0.1) is 0 Å². The maximum atomic E-state index is 10.6. The summed E-state index contributed by atoms with van der Waals surface area (Å²) >= 11 is 0. The number of benzene rings is 1. The maximum absolute atomic E-state index is 10.6. The Kier molecular flexibility index (Phi) is 4.67. The van der Waals surface area contributed by atoms with E-state index in [9.17, 15) is 14.8 Å². The van der Waals surface area contributed by atoms with Gasteiger partial charge in [-0.1, -0.05) is 12.1 Å². The van der Waals surface area contributed by atoms with E-state index in [4.69, 9.17) is 9.79 Å². The first-order valence-corrected chi connectivity index (χ1v) is 7.60. The quantitative estimate of drug-likeness (QED) is 0.584. The number of hydrogen-bond acceptors (Lipinski definition) is 6. The van der Waals surface area contributed by atoms with Gasteiger partial charge in [0.1, 0.15) is 12.2 Å². The normalized spacial score (nSPS) is 15.1. The summed E-state index contributed by atoms with van der Waals surface area (Å²) in [5.74, 6) is 0. The summed E-state index contributed by atoms with van der Waals surface area (Å²) in [7, 11) is -4.71. The van der Waals surface area contributed by atoms with Crippen LogP contribution in [0.5, 0.6) is 0 Å². The first-order valence-electron chi connectivity index (χ1n) is 6.07. The van der Waals surface area contributed by atoms with Crippen molar-refractivity contribution in [2.75, 3.05) is 6.61 Å². The monoisotopic (exact) mass is 314 g/mol. The van der Waals surface area contributed by atoms with E-state index in [2.05, 4.69) is 14.5 Å². The van der Waals surface area contributed by atoms with Gasteiger partial charge in [0, 0.05) is 0 Å². The van der Waals surface area contributed by atoms with Crippen molar-refractivity contribution in [3.05, 3.63) is 35.7 Å². The molecule has 2 unspecified atom stereocenters. The first kappa shape index (κ1) is 16.0. The van der Waals surface area contributed by atoms with Gasteiger partial charge in [-0.3, -0.25) is 4.52 Å². The molecule has 0 bridgehead atoms. The Morgan fingerprint density at radius 2 is 1.76 bits per heavy atom. The van der Waals surface area contributed by atoms with Gasteiger partial charge < -0.3 is 20.0 Å². The second-order valence-corrected chi connectivity index (χ2v) is 5.72. The third-order valence-electron chi connectivity index (χ3n) is 2.84. The number of aryl methyl sites for hydroxylation is 1. The van der Waals surface area contributed by atoms with E-state index < -0.39 is 26.6 Å². The summed E-state index contributed by atoms with van der Waals surface area (Å²) in [5.41, 5.74) is 1.74. The SMILES string of the molecule is Cc1nc2ccccc2nc1C(O)C(O)COP(=O)(O)O. The van der Waals surface area contributed by atoms with Crippen molar-refractivity contribution in [3.8, 4) is 0 Å². The zero-order valence-corrected chi connectivity index (χ0v) is 12.0. The van der Waals surface area contributed by atoms with E-state index in [1.54, 1.807) is 31.2 Å². The molecule has 4 N–H and O–H groups in total. The van der Waals surface area contributed by atoms with Crippen LogP contribution in [0.2, 0.25) is 0 Å². The van der Waals surface area contributed by atoms with Gasteiger partial charge in [0.25, 0.3) is 0 Å². The van der Waals surface area contributed by atoms with Gasteiger partial charge in [0.15, 0.2) is 0 Å². The number of nitrogens with zero attached hydrogens (tertiary/aromatic N) is 2. The Hall–Kier alpha value is -1.41. The number of aromatic nitrogens is 2. The third kappa shape index (κ3) is 4.04. The molecule has 1 aromatic heterocycles. The molecule has 2 rings (SSSR count). The van der Waals surface area contributed by atoms with Crippen LogP contribution >= 0.6 is 7.82 Å². The molecule has 2 atom stereocenters. The van der Waals surface area contributed by atoms with E-state index in [0.29, 0.717) is 16.7 Å². The van der Waals surface area contributed by atoms with Crippen LogP contribution in [0.1, 0.15) is 17.5 Å². The van der Waals surface area contributed by atoms with Crippen molar-refractivity contribution in [1.82, 2.24) is 9.97 Å². The number of hydrogen-bond donors (Lipinski definition) is 4. The maximum Gasteiger partial charge on any atom is 0.469 e. The van der Waals surface area contributed by atoms with Gasteiger partial charge in [0.2, 0.25) is 0 Å². The lowest BCUT2D eigenvalue weighted by molar-refractivity contribution is -0.0173. The second kappa shape index (κ2) is 6.15. The molecule has 0 saturated carbocycles. The lowest BCUT2D eigenvalue weighted by atomic mass is 10.1. The van der Waals surface area contributed by atoms with Gasteiger partial charge >= 0.3 is 7.82 Å². The fraction of sp³-hybridized carbons (Fsp3) is 0.333.